The van der Waals surface area contributed by atoms with Gasteiger partial charge in [0.05, 0.1) is 5.60 Å². The lowest BCUT2D eigenvalue weighted by atomic mass is 9.95. The van der Waals surface area contributed by atoms with Gasteiger partial charge in [-0.25, -0.2) is 17.5 Å². The molecule has 0 aliphatic heterocycles. The Balaban J connectivity index is 2.07. The molecule has 2 N–H and O–H groups in total. The molecule has 1 aliphatic rings. The van der Waals surface area contributed by atoms with Crippen LogP contribution in [-0.2, 0) is 10.0 Å². The van der Waals surface area contributed by atoms with Crippen LogP contribution >= 0.6 is 0 Å². The Morgan fingerprint density at radius 1 is 1.15 bits per heavy atom. The van der Waals surface area contributed by atoms with E-state index in [0.29, 0.717) is 12.8 Å². The van der Waals surface area contributed by atoms with Gasteiger partial charge in [0.15, 0.2) is 0 Å². The molecule has 0 radical (unpaired) electrons. The van der Waals surface area contributed by atoms with Crippen molar-refractivity contribution in [3.63, 3.8) is 0 Å². The molecule has 1 aromatic rings. The fraction of sp³-hybridized carbons (Fsp3) is 0.571. The maximum absolute atomic E-state index is 13.5. The highest BCUT2D eigenvalue weighted by Gasteiger charge is 2.30. The van der Waals surface area contributed by atoms with Crippen molar-refractivity contribution in [1.82, 2.24) is 4.72 Å². The van der Waals surface area contributed by atoms with E-state index in [1.54, 1.807) is 0 Å². The van der Waals surface area contributed by atoms with Crippen molar-refractivity contribution >= 4 is 10.0 Å². The average Bonchev–Trinajstić information content (AvgIpc) is 2.63. The van der Waals surface area contributed by atoms with Crippen molar-refractivity contribution in [2.24, 2.45) is 0 Å². The first kappa shape index (κ1) is 15.4. The topological polar surface area (TPSA) is 66.4 Å². The van der Waals surface area contributed by atoms with Crippen LogP contribution in [0.25, 0.3) is 0 Å². The average molecular weight is 301 g/mol. The molecule has 1 fully saturated rings. The molecule has 0 unspecified atom stereocenters. The van der Waals surface area contributed by atoms with Crippen molar-refractivity contribution in [3.8, 4) is 0 Å². The van der Waals surface area contributed by atoms with Gasteiger partial charge in [0.2, 0.25) is 10.0 Å². The summed E-state index contributed by atoms with van der Waals surface area (Å²) in [6.07, 6.45) is 5.04. The maximum atomic E-state index is 13.5. The molecule has 0 atom stereocenters. The van der Waals surface area contributed by atoms with Gasteiger partial charge in [-0.3, -0.25) is 0 Å². The Hall–Kier alpha value is -0.980. The van der Waals surface area contributed by atoms with Gasteiger partial charge in [0, 0.05) is 6.54 Å². The predicted octanol–water partition coefficient (Wildman–Crippen LogP) is 2.19. The maximum Gasteiger partial charge on any atom is 0.243 e. The van der Waals surface area contributed by atoms with Gasteiger partial charge in [-0.15, -0.1) is 0 Å². The van der Waals surface area contributed by atoms with Gasteiger partial charge >= 0.3 is 0 Å². The van der Waals surface area contributed by atoms with Crippen molar-refractivity contribution in [3.05, 3.63) is 30.1 Å². The molecule has 0 aromatic heterocycles. The molecular formula is C14H20FNO3S. The van der Waals surface area contributed by atoms with E-state index in [1.165, 1.54) is 18.2 Å². The minimum atomic E-state index is -3.93. The van der Waals surface area contributed by atoms with E-state index in [0.717, 1.165) is 31.7 Å². The van der Waals surface area contributed by atoms with Crippen LogP contribution in [-0.4, -0.2) is 25.7 Å². The summed E-state index contributed by atoms with van der Waals surface area (Å²) < 4.78 is 40.0. The highest BCUT2D eigenvalue weighted by molar-refractivity contribution is 7.89. The van der Waals surface area contributed by atoms with Crippen LogP contribution < -0.4 is 4.72 Å². The summed E-state index contributed by atoms with van der Waals surface area (Å²) in [5.41, 5.74) is -1.02. The van der Waals surface area contributed by atoms with Crippen LogP contribution in [0.15, 0.2) is 29.2 Å². The first-order chi connectivity index (χ1) is 9.43. The summed E-state index contributed by atoms with van der Waals surface area (Å²) >= 11 is 0. The molecule has 6 heteroatoms. The van der Waals surface area contributed by atoms with Crippen molar-refractivity contribution in [1.29, 1.82) is 0 Å². The molecule has 1 aromatic carbocycles. The second kappa shape index (κ2) is 6.20. The number of benzene rings is 1. The van der Waals surface area contributed by atoms with E-state index >= 15 is 0 Å². The van der Waals surface area contributed by atoms with Crippen LogP contribution in [0.5, 0.6) is 0 Å². The zero-order valence-electron chi connectivity index (χ0n) is 11.3. The lowest BCUT2D eigenvalue weighted by molar-refractivity contribution is 0.0303. The number of rotatable bonds is 4. The third kappa shape index (κ3) is 3.77. The van der Waals surface area contributed by atoms with Gasteiger partial charge in [0.25, 0.3) is 0 Å². The number of hydrogen-bond acceptors (Lipinski definition) is 3. The van der Waals surface area contributed by atoms with Crippen molar-refractivity contribution in [2.75, 3.05) is 6.54 Å². The summed E-state index contributed by atoms with van der Waals surface area (Å²) in [4.78, 5) is -0.378. The van der Waals surface area contributed by atoms with E-state index in [-0.39, 0.29) is 11.4 Å². The largest absolute Gasteiger partial charge is 0.389 e. The van der Waals surface area contributed by atoms with E-state index < -0.39 is 21.4 Å². The number of sulfonamides is 1. The van der Waals surface area contributed by atoms with E-state index in [4.69, 9.17) is 0 Å². The smallest absolute Gasteiger partial charge is 0.243 e. The minimum absolute atomic E-state index is 0.0658. The Bertz CT molecular complexity index is 551. The molecule has 20 heavy (non-hydrogen) atoms. The molecule has 0 bridgehead atoms. The Morgan fingerprint density at radius 3 is 2.35 bits per heavy atom. The summed E-state index contributed by atoms with van der Waals surface area (Å²) in [5.74, 6) is -0.784. The molecule has 1 saturated carbocycles. The lowest BCUT2D eigenvalue weighted by Gasteiger charge is -2.26. The third-order valence-electron chi connectivity index (χ3n) is 3.75. The number of hydrogen-bond donors (Lipinski definition) is 2. The van der Waals surface area contributed by atoms with Gasteiger partial charge in [-0.05, 0) is 25.0 Å². The summed E-state index contributed by atoms with van der Waals surface area (Å²) in [5, 5.41) is 10.4. The zero-order valence-corrected chi connectivity index (χ0v) is 12.1. The first-order valence-electron chi connectivity index (χ1n) is 6.90. The molecule has 1 aliphatic carbocycles. The van der Waals surface area contributed by atoms with E-state index in [1.807, 2.05) is 0 Å². The van der Waals surface area contributed by atoms with Crippen LogP contribution in [0.4, 0.5) is 4.39 Å². The molecule has 0 spiro atoms. The van der Waals surface area contributed by atoms with Gasteiger partial charge in [-0.2, -0.15) is 0 Å². The minimum Gasteiger partial charge on any atom is -0.389 e. The third-order valence-corrected chi connectivity index (χ3v) is 5.19. The highest BCUT2D eigenvalue weighted by Crippen LogP contribution is 2.27. The zero-order chi connectivity index (χ0) is 14.6. The normalized spacial score (nSPS) is 19.5. The number of halogens is 1. The summed E-state index contributed by atoms with van der Waals surface area (Å²) in [6.45, 7) is -0.0658. The predicted molar refractivity (Wildman–Crippen MR) is 74.2 cm³/mol. The summed E-state index contributed by atoms with van der Waals surface area (Å²) in [6, 6.07) is 5.23. The van der Waals surface area contributed by atoms with Crippen molar-refractivity contribution < 1.29 is 17.9 Å². The van der Waals surface area contributed by atoms with E-state index in [2.05, 4.69) is 4.72 Å². The Kier molecular flexibility index (Phi) is 4.78. The molecule has 4 nitrogen and oxygen atoms in total. The van der Waals surface area contributed by atoms with Crippen LogP contribution in [0.2, 0.25) is 0 Å². The monoisotopic (exact) mass is 301 g/mol. The molecule has 0 amide bonds. The van der Waals surface area contributed by atoms with Gasteiger partial charge < -0.3 is 5.11 Å². The van der Waals surface area contributed by atoms with Crippen LogP contribution in [0.3, 0.4) is 0 Å². The first-order valence-corrected chi connectivity index (χ1v) is 8.38. The molecule has 0 heterocycles. The van der Waals surface area contributed by atoms with E-state index in [9.17, 15) is 17.9 Å². The van der Waals surface area contributed by atoms with Crippen molar-refractivity contribution in [2.45, 2.75) is 49.0 Å². The lowest BCUT2D eigenvalue weighted by Crippen LogP contribution is -2.42. The molecule has 0 saturated heterocycles. The molecule has 112 valence electrons. The van der Waals surface area contributed by atoms with Crippen LogP contribution in [0, 0.1) is 5.82 Å². The van der Waals surface area contributed by atoms with Gasteiger partial charge in [0.1, 0.15) is 10.7 Å². The van der Waals surface area contributed by atoms with Crippen LogP contribution in [0.1, 0.15) is 38.5 Å². The fourth-order valence-corrected chi connectivity index (χ4v) is 3.73. The molecular weight excluding hydrogens is 281 g/mol. The Labute approximate surface area is 119 Å². The van der Waals surface area contributed by atoms with Gasteiger partial charge in [-0.1, -0.05) is 37.8 Å². The highest BCUT2D eigenvalue weighted by atomic mass is 32.2. The second-order valence-corrected chi connectivity index (χ2v) is 7.13. The quantitative estimate of drug-likeness (QED) is 0.838. The molecule has 2 rings (SSSR count). The fourth-order valence-electron chi connectivity index (χ4n) is 2.53. The number of nitrogens with one attached hydrogen (secondary N) is 1. The Morgan fingerprint density at radius 2 is 1.75 bits per heavy atom. The number of aliphatic hydroxyl groups is 1. The standard InChI is InChI=1S/C14H20FNO3S/c15-12-7-3-4-8-13(12)20(18,19)16-11-14(17)9-5-1-2-6-10-14/h3-4,7-8,16-17H,1-2,5-6,9-11H2. The SMILES string of the molecule is O=S(=O)(NCC1(O)CCCCCC1)c1ccccc1F. The summed E-state index contributed by atoms with van der Waals surface area (Å²) in [7, 11) is -3.93. The second-order valence-electron chi connectivity index (χ2n) is 5.39.